The molecule has 0 heterocycles. The third kappa shape index (κ3) is 5.70. The molecule has 0 fully saturated rings. The highest BCUT2D eigenvalue weighted by Crippen LogP contribution is 2.38. The van der Waals surface area contributed by atoms with E-state index in [0.29, 0.717) is 0 Å². The van der Waals surface area contributed by atoms with Gasteiger partial charge in [-0.25, -0.2) is 0 Å². The van der Waals surface area contributed by atoms with Crippen molar-refractivity contribution in [3.8, 4) is 0 Å². The largest absolute Gasteiger partial charge is 0.460 e. The van der Waals surface area contributed by atoms with E-state index in [9.17, 15) is 9.59 Å². The molecule has 162 valence electrons. The summed E-state index contributed by atoms with van der Waals surface area (Å²) in [7, 11) is 1.61. The van der Waals surface area contributed by atoms with Gasteiger partial charge in [-0.1, -0.05) is 67.6 Å². The van der Waals surface area contributed by atoms with Gasteiger partial charge in [-0.2, -0.15) is 0 Å². The Kier molecular flexibility index (Phi) is 7.79. The van der Waals surface area contributed by atoms with Crippen molar-refractivity contribution >= 4 is 11.9 Å². The molecule has 2 aromatic carbocycles. The van der Waals surface area contributed by atoms with Crippen LogP contribution in [0.1, 0.15) is 52.2 Å². The number of rotatable bonds is 8. The highest BCUT2D eigenvalue weighted by atomic mass is 16.6. The van der Waals surface area contributed by atoms with Crippen molar-refractivity contribution in [3.05, 3.63) is 71.8 Å². The minimum absolute atomic E-state index is 0.0422. The van der Waals surface area contributed by atoms with Gasteiger partial charge in [0, 0.05) is 7.11 Å². The van der Waals surface area contributed by atoms with Crippen molar-refractivity contribution in [1.29, 1.82) is 0 Å². The summed E-state index contributed by atoms with van der Waals surface area (Å²) in [4.78, 5) is 24.9. The highest BCUT2D eigenvalue weighted by Gasteiger charge is 2.43. The van der Waals surface area contributed by atoms with Gasteiger partial charge >= 0.3 is 11.9 Å². The lowest BCUT2D eigenvalue weighted by atomic mass is 9.81. The van der Waals surface area contributed by atoms with Crippen molar-refractivity contribution in [2.45, 2.75) is 58.3 Å². The van der Waals surface area contributed by atoms with Crippen LogP contribution >= 0.6 is 0 Å². The molecule has 0 aliphatic rings. The summed E-state index contributed by atoms with van der Waals surface area (Å²) in [6.45, 7) is 8.86. The fourth-order valence-corrected chi connectivity index (χ4v) is 3.50. The molecule has 2 rings (SSSR count). The average Bonchev–Trinajstić information content (AvgIpc) is 2.69. The number of carbonyl (C=O) groups excluding carboxylic acids is 2. The zero-order valence-electron chi connectivity index (χ0n) is 18.7. The predicted molar refractivity (Wildman–Crippen MR) is 116 cm³/mol. The molecule has 0 aliphatic heterocycles. The van der Waals surface area contributed by atoms with Gasteiger partial charge in [0.1, 0.15) is 11.7 Å². The SMILES string of the molecule is COC(c1ccccc1)(c1ccccc1)[C@H](C)OC(=O)[C@H](C)CC(=O)OC(C)(C)C. The van der Waals surface area contributed by atoms with Crippen LogP contribution in [-0.4, -0.2) is 30.8 Å². The molecule has 0 saturated heterocycles. The molecular formula is C25H32O5. The van der Waals surface area contributed by atoms with Gasteiger partial charge in [0.25, 0.3) is 0 Å². The van der Waals surface area contributed by atoms with E-state index >= 15 is 0 Å². The molecule has 0 N–H and O–H groups in total. The Labute approximate surface area is 179 Å². The van der Waals surface area contributed by atoms with E-state index in [2.05, 4.69) is 0 Å². The van der Waals surface area contributed by atoms with Gasteiger partial charge in [0.15, 0.2) is 5.60 Å². The Morgan fingerprint density at radius 2 is 1.33 bits per heavy atom. The average molecular weight is 413 g/mol. The molecule has 0 unspecified atom stereocenters. The third-order valence-corrected chi connectivity index (χ3v) is 4.89. The van der Waals surface area contributed by atoms with Gasteiger partial charge in [0.05, 0.1) is 12.3 Å². The first kappa shape index (κ1) is 23.6. The van der Waals surface area contributed by atoms with Gasteiger partial charge in [-0.15, -0.1) is 0 Å². The van der Waals surface area contributed by atoms with E-state index in [1.54, 1.807) is 34.8 Å². The number of carbonyl (C=O) groups is 2. The molecule has 2 atom stereocenters. The number of hydrogen-bond acceptors (Lipinski definition) is 5. The molecule has 0 aromatic heterocycles. The quantitative estimate of drug-likeness (QED) is 0.579. The smallest absolute Gasteiger partial charge is 0.309 e. The summed E-state index contributed by atoms with van der Waals surface area (Å²) in [6.07, 6.45) is -0.680. The standard InChI is InChI=1S/C25H32O5/c1-18(17-22(26)30-24(3,4)5)23(27)29-19(2)25(28-6,20-13-9-7-10-14-20)21-15-11-8-12-16-21/h7-16,18-19H,17H2,1-6H3/t18-,19+/m1/s1. The van der Waals surface area contributed by atoms with Crippen molar-refractivity contribution in [2.75, 3.05) is 7.11 Å². The van der Waals surface area contributed by atoms with Crippen molar-refractivity contribution < 1.29 is 23.8 Å². The summed E-state index contributed by atoms with van der Waals surface area (Å²) in [5.74, 6) is -1.53. The van der Waals surface area contributed by atoms with Crippen molar-refractivity contribution in [1.82, 2.24) is 0 Å². The fraction of sp³-hybridized carbons (Fsp3) is 0.440. The van der Waals surface area contributed by atoms with E-state index < -0.39 is 35.2 Å². The number of hydrogen-bond donors (Lipinski definition) is 0. The van der Waals surface area contributed by atoms with Crippen molar-refractivity contribution in [2.24, 2.45) is 5.92 Å². The maximum Gasteiger partial charge on any atom is 0.309 e. The van der Waals surface area contributed by atoms with Crippen LogP contribution in [0.15, 0.2) is 60.7 Å². The van der Waals surface area contributed by atoms with Gasteiger partial charge in [0.2, 0.25) is 0 Å². The second kappa shape index (κ2) is 9.90. The Morgan fingerprint density at radius 3 is 1.73 bits per heavy atom. The molecule has 0 saturated carbocycles. The monoisotopic (exact) mass is 412 g/mol. The molecule has 0 amide bonds. The number of ether oxygens (including phenoxy) is 3. The van der Waals surface area contributed by atoms with Gasteiger partial charge < -0.3 is 14.2 Å². The minimum Gasteiger partial charge on any atom is -0.460 e. The van der Waals surface area contributed by atoms with Gasteiger partial charge in [-0.3, -0.25) is 9.59 Å². The summed E-state index contributed by atoms with van der Waals surface area (Å²) >= 11 is 0. The molecule has 5 nitrogen and oxygen atoms in total. The van der Waals surface area contributed by atoms with Crippen LogP contribution in [0.3, 0.4) is 0 Å². The minimum atomic E-state index is -0.982. The second-order valence-corrected chi connectivity index (χ2v) is 8.44. The summed E-state index contributed by atoms with van der Waals surface area (Å²) in [5.41, 5.74) is 0.168. The van der Waals surface area contributed by atoms with E-state index in [1.165, 1.54) is 0 Å². The fourth-order valence-electron chi connectivity index (χ4n) is 3.50. The Hall–Kier alpha value is -2.66. The molecule has 0 aliphatic carbocycles. The van der Waals surface area contributed by atoms with Crippen molar-refractivity contribution in [3.63, 3.8) is 0 Å². The van der Waals surface area contributed by atoms with E-state index in [0.717, 1.165) is 11.1 Å². The zero-order chi connectivity index (χ0) is 22.4. The highest BCUT2D eigenvalue weighted by molar-refractivity contribution is 5.80. The Balaban J connectivity index is 2.26. The van der Waals surface area contributed by atoms with Gasteiger partial charge in [-0.05, 0) is 38.8 Å². The topological polar surface area (TPSA) is 61.8 Å². The first-order valence-electron chi connectivity index (χ1n) is 10.2. The number of esters is 2. The van der Waals surface area contributed by atoms with Crippen LogP contribution in [0, 0.1) is 5.92 Å². The number of benzene rings is 2. The third-order valence-electron chi connectivity index (χ3n) is 4.89. The molecule has 0 spiro atoms. The predicted octanol–water partition coefficient (Wildman–Crippen LogP) is 4.88. The van der Waals surface area contributed by atoms with Crippen LogP contribution in [0.2, 0.25) is 0 Å². The lowest BCUT2D eigenvalue weighted by molar-refractivity contribution is -0.171. The molecule has 2 aromatic rings. The summed E-state index contributed by atoms with van der Waals surface area (Å²) < 4.78 is 17.2. The molecule has 0 radical (unpaired) electrons. The molecule has 5 heteroatoms. The van der Waals surface area contributed by atoms with E-state index in [1.807, 2.05) is 67.6 Å². The lowest BCUT2D eigenvalue weighted by Gasteiger charge is -2.38. The molecular weight excluding hydrogens is 380 g/mol. The normalized spacial score (nSPS) is 13.9. The summed E-state index contributed by atoms with van der Waals surface area (Å²) in [6, 6.07) is 19.3. The van der Waals surface area contributed by atoms with Crippen LogP contribution in [0.4, 0.5) is 0 Å². The second-order valence-electron chi connectivity index (χ2n) is 8.44. The molecule has 30 heavy (non-hydrogen) atoms. The van der Waals surface area contributed by atoms with E-state index in [4.69, 9.17) is 14.2 Å². The zero-order valence-corrected chi connectivity index (χ0v) is 18.7. The Morgan fingerprint density at radius 1 is 0.867 bits per heavy atom. The first-order valence-corrected chi connectivity index (χ1v) is 10.2. The van der Waals surface area contributed by atoms with Crippen LogP contribution in [0.25, 0.3) is 0 Å². The maximum atomic E-state index is 12.8. The maximum absolute atomic E-state index is 12.8. The van der Waals surface area contributed by atoms with Crippen LogP contribution in [-0.2, 0) is 29.4 Å². The molecule has 0 bridgehead atoms. The Bertz CT molecular complexity index is 784. The van der Waals surface area contributed by atoms with Crippen LogP contribution in [0.5, 0.6) is 0 Å². The number of methoxy groups -OCH3 is 1. The van der Waals surface area contributed by atoms with E-state index in [-0.39, 0.29) is 6.42 Å². The lowest BCUT2D eigenvalue weighted by Crippen LogP contribution is -2.44. The first-order chi connectivity index (χ1) is 14.1. The van der Waals surface area contributed by atoms with Crippen LogP contribution < -0.4 is 0 Å². The summed E-state index contributed by atoms with van der Waals surface area (Å²) in [5, 5.41) is 0.